The normalized spacial score (nSPS) is 19.8. The fourth-order valence-corrected chi connectivity index (χ4v) is 14.5. The number of aromatic nitrogens is 6. The summed E-state index contributed by atoms with van der Waals surface area (Å²) in [5.74, 6) is 2.26. The lowest BCUT2D eigenvalue weighted by Crippen LogP contribution is -2.39. The quantitative estimate of drug-likeness (QED) is 0.0389. The summed E-state index contributed by atoms with van der Waals surface area (Å²) in [4.78, 5) is 69.5. The van der Waals surface area contributed by atoms with E-state index in [1.165, 1.54) is 9.13 Å². The molecule has 0 aliphatic carbocycles. The van der Waals surface area contributed by atoms with E-state index in [4.69, 9.17) is 40.4 Å². The van der Waals surface area contributed by atoms with Crippen molar-refractivity contribution in [1.29, 1.82) is 0 Å². The summed E-state index contributed by atoms with van der Waals surface area (Å²) in [7, 11) is 3.27. The van der Waals surface area contributed by atoms with Crippen LogP contribution in [-0.2, 0) is 20.6 Å². The van der Waals surface area contributed by atoms with Gasteiger partial charge in [-0.3, -0.25) is 38.3 Å². The van der Waals surface area contributed by atoms with Crippen LogP contribution in [0.5, 0.6) is 11.5 Å². The third-order valence-electron chi connectivity index (χ3n) is 18.2. The lowest BCUT2D eigenvalue weighted by Gasteiger charge is -2.37. The molecular formula is C70H78N10O8S2. The number of fused-ring (bicyclic) bond motifs is 2. The zero-order chi connectivity index (χ0) is 63.4. The first-order valence-electron chi connectivity index (χ1n) is 30.7. The molecule has 6 aromatic carbocycles. The van der Waals surface area contributed by atoms with Crippen LogP contribution >= 0.6 is 22.7 Å². The Balaban J connectivity index is 0.000000185. The number of rotatable bonds is 20. The molecular weight excluding hydrogens is 1170 g/mol. The van der Waals surface area contributed by atoms with Gasteiger partial charge < -0.3 is 41.0 Å². The number of hydrogen-bond donors (Lipinski definition) is 6. The summed E-state index contributed by atoms with van der Waals surface area (Å²) in [6.45, 7) is 12.4. The summed E-state index contributed by atoms with van der Waals surface area (Å²) >= 11 is 1.76. The molecule has 4 aromatic heterocycles. The lowest BCUT2D eigenvalue weighted by atomic mass is 9.77. The van der Waals surface area contributed by atoms with E-state index < -0.39 is 34.7 Å². The number of nitrogens with zero attached hydrogens (tertiary/aromatic N) is 4. The van der Waals surface area contributed by atoms with Crippen molar-refractivity contribution in [3.63, 3.8) is 0 Å². The Kier molecular flexibility index (Phi) is 18.9. The van der Waals surface area contributed by atoms with Gasteiger partial charge in [0.25, 0.3) is 11.1 Å². The summed E-state index contributed by atoms with van der Waals surface area (Å²) in [5.41, 5.74) is 16.2. The third kappa shape index (κ3) is 12.1. The van der Waals surface area contributed by atoms with Gasteiger partial charge in [0.05, 0.1) is 26.4 Å². The van der Waals surface area contributed by atoms with Gasteiger partial charge in [-0.2, -0.15) is 9.97 Å². The molecule has 0 radical (unpaired) electrons. The maximum Gasteiger partial charge on any atom is 0.311 e. The van der Waals surface area contributed by atoms with Crippen LogP contribution in [0.1, 0.15) is 113 Å². The van der Waals surface area contributed by atoms with E-state index in [0.717, 1.165) is 93.2 Å². The number of nitrogens with two attached hydrogens (primary N) is 2. The molecule has 90 heavy (non-hydrogen) atoms. The average molecular weight is 1250 g/mol. The number of anilines is 2. The Morgan fingerprint density at radius 3 is 1.09 bits per heavy atom. The van der Waals surface area contributed by atoms with Gasteiger partial charge in [0.1, 0.15) is 44.4 Å². The van der Waals surface area contributed by atoms with Crippen LogP contribution in [0.15, 0.2) is 189 Å². The summed E-state index contributed by atoms with van der Waals surface area (Å²) < 4.78 is 27.6. The van der Waals surface area contributed by atoms with Crippen molar-refractivity contribution < 1.29 is 18.9 Å². The summed E-state index contributed by atoms with van der Waals surface area (Å²) in [6, 6.07) is 55.2. The Bertz CT molecular complexity index is 3930. The highest BCUT2D eigenvalue weighted by Gasteiger charge is 2.45. The average Bonchev–Trinajstić information content (AvgIpc) is 1.91. The molecule has 18 nitrogen and oxygen atoms in total. The van der Waals surface area contributed by atoms with Gasteiger partial charge in [-0.15, -0.1) is 0 Å². The van der Waals surface area contributed by atoms with Gasteiger partial charge in [-0.25, -0.2) is 0 Å². The molecule has 0 amide bonds. The molecule has 468 valence electrons. The Morgan fingerprint density at radius 1 is 0.511 bits per heavy atom. The molecule has 2 aliphatic heterocycles. The fourth-order valence-electron chi connectivity index (χ4n) is 12.8. The highest BCUT2D eigenvalue weighted by Crippen LogP contribution is 2.45. The second kappa shape index (κ2) is 26.9. The Morgan fingerprint density at radius 2 is 0.811 bits per heavy atom. The Labute approximate surface area is 530 Å². The third-order valence-corrected chi connectivity index (χ3v) is 20.1. The number of ether oxygens (including phenoxy) is 4. The molecule has 0 unspecified atom stereocenters. The van der Waals surface area contributed by atoms with Crippen LogP contribution < -0.4 is 52.4 Å². The van der Waals surface area contributed by atoms with Crippen molar-refractivity contribution in [3.8, 4) is 11.5 Å². The second-order valence-electron chi connectivity index (χ2n) is 23.7. The predicted octanol–water partition coefficient (Wildman–Crippen LogP) is 11.7. The lowest BCUT2D eigenvalue weighted by molar-refractivity contribution is -0.0346. The van der Waals surface area contributed by atoms with Crippen LogP contribution in [0.2, 0.25) is 0 Å². The van der Waals surface area contributed by atoms with Crippen molar-refractivity contribution >= 4 is 55.3 Å². The number of methoxy groups -OCH3 is 2. The van der Waals surface area contributed by atoms with Crippen molar-refractivity contribution in [3.05, 3.63) is 243 Å². The summed E-state index contributed by atoms with van der Waals surface area (Å²) in [6.07, 6.45) is 2.02. The highest BCUT2D eigenvalue weighted by molar-refractivity contribution is 7.16. The minimum Gasteiger partial charge on any atom is -0.497 e. The minimum absolute atomic E-state index is 0.0451. The maximum absolute atomic E-state index is 13.6. The first-order valence-corrected chi connectivity index (χ1v) is 32.4. The number of thiazole rings is 2. The van der Waals surface area contributed by atoms with E-state index >= 15 is 0 Å². The molecule has 10 aromatic rings. The topological polar surface area (TPSA) is 249 Å². The molecule has 10 atom stereocenters. The van der Waals surface area contributed by atoms with Crippen LogP contribution in [0, 0.1) is 23.7 Å². The van der Waals surface area contributed by atoms with Gasteiger partial charge in [0.15, 0.2) is 11.3 Å². The van der Waals surface area contributed by atoms with Crippen molar-refractivity contribution in [1.82, 2.24) is 29.1 Å². The zero-order valence-electron chi connectivity index (χ0n) is 51.8. The molecule has 0 saturated carbocycles. The molecule has 2 aliphatic rings. The SMILES string of the molecule is CC[C@H](C)[C@@H]1C[C@@H]([C@@H](C)N)[C@H](n2c(=O)sc3c(=O)[nH]c(NC(c4ccccc4)(c4ccccc4)c4ccc(OC)cc4)nc32)O1.CC[C@H](C)[C@@H]1C[C@@H]([C@H](C)N)[C@H](n2c(=O)sc3c(=O)[nH]c(NC(c4ccccc4)(c4ccccc4)c4ccc(OC)cc4)nc32)O1. The van der Waals surface area contributed by atoms with Crippen molar-refractivity contribution in [2.24, 2.45) is 35.1 Å². The molecule has 6 heterocycles. The minimum atomic E-state index is -0.973. The van der Waals surface area contributed by atoms with Crippen LogP contribution in [-0.4, -0.2) is 67.6 Å². The maximum atomic E-state index is 13.6. The first-order chi connectivity index (χ1) is 43.5. The van der Waals surface area contributed by atoms with Gasteiger partial charge in [-0.05, 0) is 96.2 Å². The van der Waals surface area contributed by atoms with Gasteiger partial charge in [0.2, 0.25) is 11.9 Å². The molecule has 2 saturated heterocycles. The number of hydrogen-bond acceptors (Lipinski definition) is 16. The van der Waals surface area contributed by atoms with Crippen LogP contribution in [0.4, 0.5) is 11.9 Å². The first kappa shape index (κ1) is 63.1. The van der Waals surface area contributed by atoms with Gasteiger partial charge >= 0.3 is 9.75 Å². The molecule has 2 fully saturated rings. The second-order valence-corrected chi connectivity index (χ2v) is 25.6. The number of H-pyrrole nitrogens is 2. The number of nitrogens with one attached hydrogen (secondary N) is 4. The number of aromatic amines is 2. The van der Waals surface area contributed by atoms with Crippen LogP contribution in [0.25, 0.3) is 20.7 Å². The predicted molar refractivity (Wildman–Crippen MR) is 358 cm³/mol. The van der Waals surface area contributed by atoms with E-state index in [2.05, 4.69) is 48.3 Å². The van der Waals surface area contributed by atoms with E-state index in [0.29, 0.717) is 11.8 Å². The largest absolute Gasteiger partial charge is 0.497 e. The Hall–Kier alpha value is -8.50. The smallest absolute Gasteiger partial charge is 0.311 e. The summed E-state index contributed by atoms with van der Waals surface area (Å²) in [5, 5.41) is 7.25. The van der Waals surface area contributed by atoms with Crippen LogP contribution in [0.3, 0.4) is 0 Å². The molecule has 8 N–H and O–H groups in total. The van der Waals surface area contributed by atoms with E-state index in [-0.39, 0.29) is 78.5 Å². The molecule has 12 rings (SSSR count). The van der Waals surface area contributed by atoms with Gasteiger partial charge in [-0.1, -0.05) is 209 Å². The zero-order valence-corrected chi connectivity index (χ0v) is 53.4. The molecule has 0 bridgehead atoms. The number of benzene rings is 6. The standard InChI is InChI=1S/2C35H39N5O4S/c2*1-5-21(2)28-20-27(22(3)36)32(44-28)40-30-29(45-34(40)42)31(41)38-33(37-30)39-35(23-12-8-6-9-13-23,24-14-10-7-11-15-24)25-16-18-26(43-4)19-17-25/h2*6-19,21-22,27-28,32H,5,20,36H2,1-4H3,(H2,37,38,39,41)/t21-,22+,27-,28-,32+;21-,22-,27-,28-,32+/m00/s1. The van der Waals surface area contributed by atoms with Crippen molar-refractivity contribution in [2.75, 3.05) is 24.9 Å². The highest BCUT2D eigenvalue weighted by atomic mass is 32.1. The fraction of sp³-hybridized carbons (Fsp3) is 0.343. The molecule has 20 heteroatoms. The molecule has 0 spiro atoms. The van der Waals surface area contributed by atoms with Crippen molar-refractivity contribution in [2.45, 2.75) is 115 Å². The van der Waals surface area contributed by atoms with E-state index in [9.17, 15) is 19.2 Å². The monoisotopic (exact) mass is 1250 g/mol. The van der Waals surface area contributed by atoms with E-state index in [1.54, 1.807) is 14.2 Å². The van der Waals surface area contributed by atoms with Gasteiger partial charge in [0, 0.05) is 23.9 Å². The van der Waals surface area contributed by atoms with E-state index in [1.807, 2.05) is 184 Å².